The van der Waals surface area contributed by atoms with Crippen LogP contribution in [0.1, 0.15) is 46.5 Å². The van der Waals surface area contributed by atoms with E-state index in [0.29, 0.717) is 19.5 Å². The van der Waals surface area contributed by atoms with Gasteiger partial charge < -0.3 is 10.4 Å². The van der Waals surface area contributed by atoms with Gasteiger partial charge in [-0.2, -0.15) is 0 Å². The fraction of sp³-hybridized carbons (Fsp3) is 0.846. The van der Waals surface area contributed by atoms with Gasteiger partial charge in [0, 0.05) is 13.1 Å². The largest absolute Gasteiger partial charge is 0.480 e. The van der Waals surface area contributed by atoms with E-state index in [1.807, 2.05) is 0 Å². The zero-order valence-electron chi connectivity index (χ0n) is 11.5. The second kappa shape index (κ2) is 6.18. The van der Waals surface area contributed by atoms with E-state index >= 15 is 0 Å². The number of amides is 1. The minimum Gasteiger partial charge on any atom is -0.480 e. The summed E-state index contributed by atoms with van der Waals surface area (Å²) in [5.74, 6) is -0.911. The van der Waals surface area contributed by atoms with Crippen molar-refractivity contribution in [2.24, 2.45) is 0 Å². The number of unbranched alkanes of at least 4 members (excludes halogenated alkanes) is 1. The topological polar surface area (TPSA) is 69.6 Å². The van der Waals surface area contributed by atoms with Gasteiger partial charge in [0.25, 0.3) is 0 Å². The number of likely N-dealkylation sites (tertiary alicyclic amines) is 1. The maximum Gasteiger partial charge on any atom is 0.323 e. The smallest absolute Gasteiger partial charge is 0.323 e. The lowest BCUT2D eigenvalue weighted by Crippen LogP contribution is -2.56. The van der Waals surface area contributed by atoms with Gasteiger partial charge in [0.2, 0.25) is 5.91 Å². The van der Waals surface area contributed by atoms with Gasteiger partial charge >= 0.3 is 5.97 Å². The van der Waals surface area contributed by atoms with E-state index in [-0.39, 0.29) is 11.9 Å². The first-order valence-electron chi connectivity index (χ1n) is 6.71. The molecule has 1 aliphatic rings. The average Bonchev–Trinajstić information content (AvgIpc) is 2.72. The molecule has 0 radical (unpaired) electrons. The number of aliphatic carboxylic acids is 1. The first kappa shape index (κ1) is 15.0. The van der Waals surface area contributed by atoms with Crippen LogP contribution < -0.4 is 5.32 Å². The number of rotatable bonds is 6. The molecule has 0 aromatic rings. The summed E-state index contributed by atoms with van der Waals surface area (Å²) in [5.41, 5.74) is -0.901. The molecule has 2 unspecified atom stereocenters. The SMILES string of the molecule is CCCCNC(=O)C(C)N1CCCC1(C)C(=O)O. The molecule has 1 aliphatic heterocycles. The lowest BCUT2D eigenvalue weighted by Gasteiger charge is -2.35. The van der Waals surface area contributed by atoms with E-state index in [0.717, 1.165) is 19.3 Å². The summed E-state index contributed by atoms with van der Waals surface area (Å²) < 4.78 is 0. The number of hydrogen-bond donors (Lipinski definition) is 2. The van der Waals surface area contributed by atoms with Crippen molar-refractivity contribution in [1.29, 1.82) is 0 Å². The summed E-state index contributed by atoms with van der Waals surface area (Å²) >= 11 is 0. The first-order valence-corrected chi connectivity index (χ1v) is 6.71. The number of nitrogens with one attached hydrogen (secondary N) is 1. The predicted molar refractivity (Wildman–Crippen MR) is 69.4 cm³/mol. The van der Waals surface area contributed by atoms with Gasteiger partial charge in [-0.05, 0) is 33.1 Å². The van der Waals surface area contributed by atoms with Crippen LogP contribution in [0.3, 0.4) is 0 Å². The molecule has 0 aromatic heterocycles. The Hall–Kier alpha value is -1.10. The molecule has 1 rings (SSSR count). The molecule has 1 saturated heterocycles. The van der Waals surface area contributed by atoms with Crippen molar-refractivity contribution >= 4 is 11.9 Å². The van der Waals surface area contributed by atoms with Crippen molar-refractivity contribution < 1.29 is 14.7 Å². The van der Waals surface area contributed by atoms with Crippen LogP contribution in [0.25, 0.3) is 0 Å². The van der Waals surface area contributed by atoms with Crippen molar-refractivity contribution in [3.05, 3.63) is 0 Å². The van der Waals surface area contributed by atoms with Crippen LogP contribution in [0.15, 0.2) is 0 Å². The normalized spacial score (nSPS) is 25.9. The second-order valence-electron chi connectivity index (χ2n) is 5.20. The quantitative estimate of drug-likeness (QED) is 0.701. The van der Waals surface area contributed by atoms with Crippen molar-refractivity contribution in [3.63, 3.8) is 0 Å². The molecule has 104 valence electrons. The van der Waals surface area contributed by atoms with E-state index in [1.54, 1.807) is 18.7 Å². The van der Waals surface area contributed by atoms with Gasteiger partial charge in [-0.1, -0.05) is 13.3 Å². The monoisotopic (exact) mass is 256 g/mol. The minimum atomic E-state index is -0.901. The van der Waals surface area contributed by atoms with E-state index in [9.17, 15) is 14.7 Å². The third-order valence-electron chi connectivity index (χ3n) is 3.83. The number of carboxylic acid groups (broad SMARTS) is 1. The molecule has 1 fully saturated rings. The Kier molecular flexibility index (Phi) is 5.14. The van der Waals surface area contributed by atoms with Crippen LogP contribution >= 0.6 is 0 Å². The minimum absolute atomic E-state index is 0.0715. The fourth-order valence-corrected chi connectivity index (χ4v) is 2.51. The third kappa shape index (κ3) is 3.02. The second-order valence-corrected chi connectivity index (χ2v) is 5.20. The van der Waals surface area contributed by atoms with E-state index in [4.69, 9.17) is 0 Å². The highest BCUT2D eigenvalue weighted by Crippen LogP contribution is 2.31. The van der Waals surface area contributed by atoms with Crippen molar-refractivity contribution in [1.82, 2.24) is 10.2 Å². The highest BCUT2D eigenvalue weighted by Gasteiger charge is 2.46. The molecule has 0 bridgehead atoms. The molecule has 0 spiro atoms. The Balaban J connectivity index is 2.62. The molecule has 18 heavy (non-hydrogen) atoms. The zero-order valence-corrected chi connectivity index (χ0v) is 11.5. The average molecular weight is 256 g/mol. The standard InChI is InChI=1S/C13H24N2O3/c1-4-5-8-14-11(16)10(2)15-9-6-7-13(15,3)12(17)18/h10H,4-9H2,1-3H3,(H,14,16)(H,17,18). The number of carbonyl (C=O) groups excluding carboxylic acids is 1. The van der Waals surface area contributed by atoms with Crippen LogP contribution in [0.4, 0.5) is 0 Å². The molecule has 0 aliphatic carbocycles. The maximum atomic E-state index is 12.0. The number of carbonyl (C=O) groups is 2. The predicted octanol–water partition coefficient (Wildman–Crippen LogP) is 1.23. The van der Waals surface area contributed by atoms with Crippen LogP contribution in [-0.2, 0) is 9.59 Å². The van der Waals surface area contributed by atoms with Crippen LogP contribution in [0.5, 0.6) is 0 Å². The molecule has 2 N–H and O–H groups in total. The fourth-order valence-electron chi connectivity index (χ4n) is 2.51. The highest BCUT2D eigenvalue weighted by molar-refractivity contribution is 5.84. The van der Waals surface area contributed by atoms with Crippen molar-refractivity contribution in [2.75, 3.05) is 13.1 Å². The lowest BCUT2D eigenvalue weighted by molar-refractivity contribution is -0.151. The van der Waals surface area contributed by atoms with Crippen LogP contribution in [0.2, 0.25) is 0 Å². The molecule has 0 aromatic carbocycles. The van der Waals surface area contributed by atoms with E-state index < -0.39 is 11.5 Å². The Morgan fingerprint density at radius 2 is 2.17 bits per heavy atom. The lowest BCUT2D eigenvalue weighted by atomic mass is 9.98. The summed E-state index contributed by atoms with van der Waals surface area (Å²) in [6.07, 6.45) is 3.42. The first-order chi connectivity index (χ1) is 8.43. The van der Waals surface area contributed by atoms with Gasteiger partial charge in [-0.15, -0.1) is 0 Å². The number of hydrogen-bond acceptors (Lipinski definition) is 3. The summed E-state index contributed by atoms with van der Waals surface area (Å²) in [4.78, 5) is 25.1. The number of nitrogens with zero attached hydrogens (tertiary/aromatic N) is 1. The number of carboxylic acids is 1. The van der Waals surface area contributed by atoms with Gasteiger partial charge in [0.15, 0.2) is 0 Å². The molecule has 5 heteroatoms. The summed E-state index contributed by atoms with van der Waals surface area (Å²) in [6.45, 7) is 6.89. The summed E-state index contributed by atoms with van der Waals surface area (Å²) in [5, 5.41) is 12.2. The Morgan fingerprint density at radius 1 is 1.50 bits per heavy atom. The summed E-state index contributed by atoms with van der Waals surface area (Å²) in [7, 11) is 0. The molecule has 0 saturated carbocycles. The van der Waals surface area contributed by atoms with Crippen LogP contribution in [-0.4, -0.2) is 46.6 Å². The third-order valence-corrected chi connectivity index (χ3v) is 3.83. The van der Waals surface area contributed by atoms with E-state index in [2.05, 4.69) is 12.2 Å². The van der Waals surface area contributed by atoms with E-state index in [1.165, 1.54) is 0 Å². The Labute approximate surface area is 109 Å². The van der Waals surface area contributed by atoms with Crippen LogP contribution in [0, 0.1) is 0 Å². The molecule has 2 atom stereocenters. The summed E-state index contributed by atoms with van der Waals surface area (Å²) in [6, 6.07) is -0.384. The molecule has 5 nitrogen and oxygen atoms in total. The molecule has 1 heterocycles. The Bertz CT molecular complexity index is 319. The van der Waals surface area contributed by atoms with Crippen molar-refractivity contribution in [3.8, 4) is 0 Å². The zero-order chi connectivity index (χ0) is 13.8. The van der Waals surface area contributed by atoms with Gasteiger partial charge in [0.05, 0.1) is 6.04 Å². The van der Waals surface area contributed by atoms with Crippen molar-refractivity contribution in [2.45, 2.75) is 58.0 Å². The highest BCUT2D eigenvalue weighted by atomic mass is 16.4. The van der Waals surface area contributed by atoms with Gasteiger partial charge in [-0.3, -0.25) is 14.5 Å². The molecule has 1 amide bonds. The Morgan fingerprint density at radius 3 is 2.72 bits per heavy atom. The maximum absolute atomic E-state index is 12.0. The van der Waals surface area contributed by atoms with Gasteiger partial charge in [0.1, 0.15) is 5.54 Å². The molecular formula is C13H24N2O3. The van der Waals surface area contributed by atoms with Gasteiger partial charge in [-0.25, -0.2) is 0 Å². The molecular weight excluding hydrogens is 232 g/mol.